The summed E-state index contributed by atoms with van der Waals surface area (Å²) in [6.07, 6.45) is 13.6. The molecular formula is C59H82N2O8. The zero-order valence-corrected chi connectivity index (χ0v) is 43.7. The van der Waals surface area contributed by atoms with Gasteiger partial charge in [-0.15, -0.1) is 0 Å². The first kappa shape index (κ1) is 45.0. The molecule has 8 bridgehead atoms. The number of aliphatic hydroxyl groups is 2. The fourth-order valence-electron chi connectivity index (χ4n) is 20.4. The van der Waals surface area contributed by atoms with Crippen molar-refractivity contribution in [2.24, 2.45) is 45.3 Å². The summed E-state index contributed by atoms with van der Waals surface area (Å²) in [5, 5.41) is 52.2. The smallest absolute Gasteiger partial charge is 0.166 e. The highest BCUT2D eigenvalue weighted by molar-refractivity contribution is 5.86. The predicted molar refractivity (Wildman–Crippen MR) is 264 cm³/mol. The van der Waals surface area contributed by atoms with Crippen LogP contribution in [0, 0.1) is 45.3 Å². The van der Waals surface area contributed by atoms with Crippen LogP contribution in [0.3, 0.4) is 0 Å². The standard InChI is InChI=1S/C59H82N2O8/c1-49(2,3)51(7,64)38-28-54-16-18-57(38,66-10)48-56(54)20-22-60(30-32-12-13-32)40(54)26-34-24-36(44(62)46(68-48)42(34)56)37-25-35-27-41-55-17-19-59(67-11,39(29-55)52(8,65)50(4,5)6)53(9)58(55,43(35)47(69-53)45(37)63)21-23-61(41)31-33-14-15-33/h24-25,32-33,38-41,48,62-65H,12-23,26-31H2,1-11H3/t38-,39-,40-,41-,48-,51+,52?,53+,54-,55-,56+,57-,58+,59-/m1/s1. The second-order valence-corrected chi connectivity index (χ2v) is 28.5. The van der Waals surface area contributed by atoms with Gasteiger partial charge in [-0.1, -0.05) is 41.5 Å². The highest BCUT2D eigenvalue weighted by atomic mass is 16.6. The van der Waals surface area contributed by atoms with Crippen molar-refractivity contribution >= 4 is 0 Å². The van der Waals surface area contributed by atoms with Crippen LogP contribution < -0.4 is 9.47 Å². The number of aromatic hydroxyl groups is 2. The molecule has 10 heteroatoms. The molecule has 4 N–H and O–H groups in total. The topological polar surface area (TPSA) is 124 Å². The van der Waals surface area contributed by atoms with E-state index in [0.717, 1.165) is 108 Å². The third kappa shape index (κ3) is 4.70. The van der Waals surface area contributed by atoms with E-state index in [4.69, 9.17) is 18.9 Å². The van der Waals surface area contributed by atoms with E-state index in [1.54, 1.807) is 0 Å². The number of rotatable bonds is 9. The number of phenolic OH excluding ortho intramolecular Hbond substituents is 2. The van der Waals surface area contributed by atoms with Gasteiger partial charge in [0, 0.05) is 89.7 Å². The summed E-state index contributed by atoms with van der Waals surface area (Å²) in [5.74, 6) is 2.41. The predicted octanol–water partition coefficient (Wildman–Crippen LogP) is 9.20. The lowest BCUT2D eigenvalue weighted by atomic mass is 9.30. The lowest BCUT2D eigenvalue weighted by Crippen LogP contribution is -2.87. The van der Waals surface area contributed by atoms with Crippen molar-refractivity contribution in [1.29, 1.82) is 0 Å². The number of ether oxygens (including phenoxy) is 4. The molecule has 0 radical (unpaired) electrons. The summed E-state index contributed by atoms with van der Waals surface area (Å²) in [7, 11) is 3.68. The lowest BCUT2D eigenvalue weighted by Gasteiger charge is -2.78. The van der Waals surface area contributed by atoms with Gasteiger partial charge in [0.05, 0.1) is 16.6 Å². The highest BCUT2D eigenvalue weighted by Gasteiger charge is 2.88. The molecule has 10 nitrogen and oxygen atoms in total. The van der Waals surface area contributed by atoms with E-state index >= 15 is 0 Å². The van der Waals surface area contributed by atoms with E-state index in [0.29, 0.717) is 22.6 Å². The lowest BCUT2D eigenvalue weighted by molar-refractivity contribution is -0.345. The third-order valence-corrected chi connectivity index (χ3v) is 24.9. The zero-order valence-electron chi connectivity index (χ0n) is 43.7. The number of nitrogens with zero attached hydrogens (tertiary/aromatic N) is 2. The van der Waals surface area contributed by atoms with E-state index in [2.05, 4.69) is 70.4 Å². The number of benzene rings is 2. The maximum Gasteiger partial charge on any atom is 0.166 e. The average Bonchev–Trinajstić information content (AvgIpc) is 4.23. The molecule has 14 aliphatic rings. The Balaban J connectivity index is 0.968. The minimum atomic E-state index is -1.06. The fourth-order valence-corrected chi connectivity index (χ4v) is 20.4. The van der Waals surface area contributed by atoms with E-state index in [1.807, 2.05) is 28.1 Å². The monoisotopic (exact) mass is 947 g/mol. The summed E-state index contributed by atoms with van der Waals surface area (Å²) in [6, 6.07) is 4.98. The molecule has 14 atom stereocenters. The van der Waals surface area contributed by atoms with Crippen molar-refractivity contribution in [3.8, 4) is 34.1 Å². The van der Waals surface area contributed by atoms with Gasteiger partial charge in [0.25, 0.3) is 0 Å². The molecule has 8 saturated carbocycles. The van der Waals surface area contributed by atoms with Crippen LogP contribution in [0.15, 0.2) is 12.1 Å². The number of likely N-dealkylation sites (tertiary alicyclic amines) is 2. The van der Waals surface area contributed by atoms with Gasteiger partial charge in [0.1, 0.15) is 22.9 Å². The Hall–Kier alpha value is -2.60. The molecule has 1 unspecified atom stereocenters. The van der Waals surface area contributed by atoms with Crippen LogP contribution in [0.5, 0.6) is 23.0 Å². The summed E-state index contributed by atoms with van der Waals surface area (Å²) < 4.78 is 29.2. The molecule has 4 heterocycles. The minimum absolute atomic E-state index is 0.0890. The van der Waals surface area contributed by atoms with Crippen molar-refractivity contribution in [3.63, 3.8) is 0 Å². The first-order chi connectivity index (χ1) is 32.4. The van der Waals surface area contributed by atoms with Crippen molar-refractivity contribution in [2.75, 3.05) is 40.4 Å². The Bertz CT molecular complexity index is 2610. The third-order valence-electron chi connectivity index (χ3n) is 24.9. The minimum Gasteiger partial charge on any atom is -0.504 e. The number of fused-ring (bicyclic) bond motifs is 4. The number of hydrogen-bond donors (Lipinski definition) is 4. The van der Waals surface area contributed by atoms with Gasteiger partial charge in [0.2, 0.25) is 0 Å². The Morgan fingerprint density at radius 3 is 1.77 bits per heavy atom. The van der Waals surface area contributed by atoms with Crippen molar-refractivity contribution in [2.45, 2.75) is 209 Å². The van der Waals surface area contributed by atoms with Crippen molar-refractivity contribution in [1.82, 2.24) is 9.80 Å². The second-order valence-electron chi connectivity index (χ2n) is 28.5. The van der Waals surface area contributed by atoms with E-state index in [9.17, 15) is 20.4 Å². The van der Waals surface area contributed by atoms with Gasteiger partial charge >= 0.3 is 0 Å². The Morgan fingerprint density at radius 1 is 0.652 bits per heavy atom. The summed E-state index contributed by atoms with van der Waals surface area (Å²) >= 11 is 0. The fraction of sp³-hybridized carbons (Fsp3) is 0.797. The van der Waals surface area contributed by atoms with Crippen molar-refractivity contribution < 1.29 is 39.4 Å². The van der Waals surface area contributed by atoms with Crippen LogP contribution >= 0.6 is 0 Å². The van der Waals surface area contributed by atoms with Crippen LogP contribution in [0.25, 0.3) is 11.1 Å². The number of piperidine rings is 2. The van der Waals surface area contributed by atoms with Crippen molar-refractivity contribution in [3.05, 3.63) is 34.4 Å². The molecule has 2 aromatic rings. The molecule has 10 aliphatic carbocycles. The largest absolute Gasteiger partial charge is 0.504 e. The van der Waals surface area contributed by atoms with Gasteiger partial charge in [-0.3, -0.25) is 9.80 Å². The quantitative estimate of drug-likeness (QED) is 0.194. The number of phenols is 2. The summed E-state index contributed by atoms with van der Waals surface area (Å²) in [4.78, 5) is 5.67. The van der Waals surface area contributed by atoms with Gasteiger partial charge in [-0.2, -0.15) is 0 Å². The molecule has 4 aliphatic heterocycles. The normalized spacial score (nSPS) is 44.8. The molecule has 376 valence electrons. The van der Waals surface area contributed by atoms with Gasteiger partial charge in [-0.05, 0) is 170 Å². The average molecular weight is 947 g/mol. The maximum absolute atomic E-state index is 13.2. The molecule has 0 aromatic heterocycles. The molecule has 10 fully saturated rings. The van der Waals surface area contributed by atoms with Gasteiger partial charge in [-0.25, -0.2) is 0 Å². The van der Waals surface area contributed by atoms with E-state index in [1.165, 1.54) is 42.4 Å². The first-order valence-corrected chi connectivity index (χ1v) is 27.6. The van der Waals surface area contributed by atoms with Crippen LogP contribution in [-0.4, -0.2) is 117 Å². The number of hydrogen-bond acceptors (Lipinski definition) is 10. The maximum atomic E-state index is 13.2. The van der Waals surface area contributed by atoms with Crippen LogP contribution in [0.2, 0.25) is 0 Å². The van der Waals surface area contributed by atoms with E-state index < -0.39 is 44.3 Å². The molecular weight excluding hydrogens is 865 g/mol. The highest BCUT2D eigenvalue weighted by Crippen LogP contribution is 2.83. The molecule has 16 rings (SSSR count). The molecule has 69 heavy (non-hydrogen) atoms. The molecule has 2 saturated heterocycles. The molecule has 4 spiro atoms. The summed E-state index contributed by atoms with van der Waals surface area (Å²) in [6.45, 7) is 23.5. The number of methoxy groups -OCH3 is 2. The SMILES string of the molecule is CO[C@]12CC[C@@]3(C[C@@H]1[C@](C)(O)C(C)(C)C)[C@H]1Cc4cc(-c5cc6c7c(c5O)O[C@@]5(C)[C@]78CCN(CC7CC7)[C@H](C6)[C@]86CC[C@@]5(OC)[C@@H](C(C)(O)C(C)(C)C)C6)c(O)c5c4[C@@]3(CCN1CC1CC1)[C@H]2O5. The Morgan fingerprint density at radius 2 is 1.19 bits per heavy atom. The van der Waals surface area contributed by atoms with Gasteiger partial charge in [0.15, 0.2) is 23.0 Å². The Labute approximate surface area is 411 Å². The van der Waals surface area contributed by atoms with Crippen LogP contribution in [-0.2, 0) is 33.1 Å². The zero-order chi connectivity index (χ0) is 48.4. The molecule has 2 aromatic carbocycles. The molecule has 0 amide bonds. The van der Waals surface area contributed by atoms with Crippen LogP contribution in [0.4, 0.5) is 0 Å². The summed E-state index contributed by atoms with van der Waals surface area (Å²) in [5.41, 5.74) is -0.536. The first-order valence-electron chi connectivity index (χ1n) is 27.6. The Kier molecular flexibility index (Phi) is 8.49. The van der Waals surface area contributed by atoms with Crippen LogP contribution in [0.1, 0.15) is 162 Å². The van der Waals surface area contributed by atoms with E-state index in [-0.39, 0.29) is 57.8 Å². The second kappa shape index (κ2) is 13.0. The van der Waals surface area contributed by atoms with Gasteiger partial charge < -0.3 is 39.4 Å².